The van der Waals surface area contributed by atoms with Crippen molar-refractivity contribution in [1.29, 1.82) is 0 Å². The van der Waals surface area contributed by atoms with Crippen molar-refractivity contribution in [3.05, 3.63) is 42.5 Å². The Morgan fingerprint density at radius 3 is 3.00 bits per heavy atom. The van der Waals surface area contributed by atoms with Gasteiger partial charge in [-0.2, -0.15) is 0 Å². The lowest BCUT2D eigenvalue weighted by Crippen LogP contribution is -1.83. The smallest absolute Gasteiger partial charge is 0.0972 e. The molecule has 0 aliphatic carbocycles. The van der Waals surface area contributed by atoms with E-state index in [0.29, 0.717) is 0 Å². The third-order valence-electron chi connectivity index (χ3n) is 1.12. The number of pyridine rings is 1. The van der Waals surface area contributed by atoms with Gasteiger partial charge in [-0.15, -0.1) is 0 Å². The van der Waals surface area contributed by atoms with Crippen LogP contribution >= 0.6 is 0 Å². The molecule has 1 nitrogen and oxygen atoms in total. The minimum Gasteiger partial charge on any atom is -0.264 e. The summed E-state index contributed by atoms with van der Waals surface area (Å²) in [6.45, 7) is 3.16. The van der Waals surface area contributed by atoms with Gasteiger partial charge in [-0.3, -0.25) is 4.98 Å². The zero-order valence-corrected chi connectivity index (χ0v) is 5.55. The van der Waals surface area contributed by atoms with Crippen LogP contribution in [-0.4, -0.2) is 4.98 Å². The number of hydrogen-bond acceptors (Lipinski definition) is 1. The second-order valence-electron chi connectivity index (χ2n) is 2.06. The predicted molar refractivity (Wildman–Crippen MR) is 38.2 cm³/mol. The van der Waals surface area contributed by atoms with E-state index in [9.17, 15) is 4.39 Å². The van der Waals surface area contributed by atoms with Crippen molar-refractivity contribution in [2.24, 2.45) is 0 Å². The van der Waals surface area contributed by atoms with Crippen molar-refractivity contribution in [3.8, 4) is 0 Å². The molecule has 0 saturated carbocycles. The topological polar surface area (TPSA) is 12.9 Å². The monoisotopic (exact) mass is 137 g/mol. The zero-order chi connectivity index (χ0) is 7.40. The summed E-state index contributed by atoms with van der Waals surface area (Å²) in [6.07, 6.45) is 3.56. The van der Waals surface area contributed by atoms with Gasteiger partial charge in [0.25, 0.3) is 0 Å². The van der Waals surface area contributed by atoms with Crippen LogP contribution in [-0.2, 0) is 6.42 Å². The maximum atomic E-state index is 12.2. The van der Waals surface area contributed by atoms with Crippen LogP contribution in [0.4, 0.5) is 4.39 Å². The molecular weight excluding hydrogens is 129 g/mol. The van der Waals surface area contributed by atoms with E-state index >= 15 is 0 Å². The van der Waals surface area contributed by atoms with Gasteiger partial charge in [0.2, 0.25) is 0 Å². The number of allylic oxidation sites excluding steroid dienone is 1. The molecule has 0 amide bonds. The Morgan fingerprint density at radius 1 is 1.70 bits per heavy atom. The van der Waals surface area contributed by atoms with Gasteiger partial charge in [0.15, 0.2) is 0 Å². The third kappa shape index (κ3) is 1.97. The Balaban J connectivity index is 2.67. The van der Waals surface area contributed by atoms with Gasteiger partial charge in [-0.1, -0.05) is 12.6 Å². The standard InChI is InChI=1S/C8H8FN/c1-7(9)5-8-3-2-4-10-6-8/h2-4,6H,1,5H2. The van der Waals surface area contributed by atoms with Crippen LogP contribution in [0.1, 0.15) is 5.56 Å². The first-order valence-electron chi connectivity index (χ1n) is 3.01. The first-order chi connectivity index (χ1) is 4.79. The second kappa shape index (κ2) is 3.11. The molecule has 0 aliphatic heterocycles. The number of rotatable bonds is 2. The minimum absolute atomic E-state index is 0.272. The summed E-state index contributed by atoms with van der Waals surface area (Å²) in [6, 6.07) is 3.59. The Hall–Kier alpha value is -1.18. The summed E-state index contributed by atoms with van der Waals surface area (Å²) < 4.78 is 12.2. The zero-order valence-electron chi connectivity index (χ0n) is 5.55. The quantitative estimate of drug-likeness (QED) is 0.608. The molecule has 0 N–H and O–H groups in total. The molecule has 0 aromatic carbocycles. The van der Waals surface area contributed by atoms with E-state index in [4.69, 9.17) is 0 Å². The Labute approximate surface area is 59.2 Å². The lowest BCUT2D eigenvalue weighted by Gasteiger charge is -1.93. The molecule has 0 unspecified atom stereocenters. The van der Waals surface area contributed by atoms with Gasteiger partial charge in [-0.05, 0) is 11.6 Å². The van der Waals surface area contributed by atoms with Crippen LogP contribution in [0.15, 0.2) is 36.9 Å². The molecule has 0 bridgehead atoms. The summed E-state index contributed by atoms with van der Waals surface area (Å²) in [4.78, 5) is 3.83. The lowest BCUT2D eigenvalue weighted by atomic mass is 10.2. The van der Waals surface area contributed by atoms with E-state index < -0.39 is 0 Å². The molecule has 1 aromatic rings. The fourth-order valence-corrected chi connectivity index (χ4v) is 0.724. The van der Waals surface area contributed by atoms with Crippen molar-refractivity contribution in [2.45, 2.75) is 6.42 Å². The van der Waals surface area contributed by atoms with Gasteiger partial charge in [-0.25, -0.2) is 4.39 Å². The molecule has 0 radical (unpaired) electrons. The van der Waals surface area contributed by atoms with Crippen LogP contribution < -0.4 is 0 Å². The first-order valence-corrected chi connectivity index (χ1v) is 3.01. The molecule has 10 heavy (non-hydrogen) atoms. The van der Waals surface area contributed by atoms with Crippen LogP contribution in [0, 0.1) is 0 Å². The molecular formula is C8H8FN. The first kappa shape index (κ1) is 6.93. The maximum Gasteiger partial charge on any atom is 0.0972 e. The number of nitrogens with zero attached hydrogens (tertiary/aromatic N) is 1. The Kier molecular flexibility index (Phi) is 2.15. The summed E-state index contributed by atoms with van der Waals surface area (Å²) in [5, 5.41) is 0. The van der Waals surface area contributed by atoms with Gasteiger partial charge < -0.3 is 0 Å². The largest absolute Gasteiger partial charge is 0.264 e. The highest BCUT2D eigenvalue weighted by Crippen LogP contribution is 2.04. The average molecular weight is 137 g/mol. The summed E-state index contributed by atoms with van der Waals surface area (Å²) >= 11 is 0. The average Bonchev–Trinajstić information content (AvgIpc) is 1.88. The van der Waals surface area contributed by atoms with Crippen LogP contribution in [0.2, 0.25) is 0 Å². The van der Waals surface area contributed by atoms with Gasteiger partial charge in [0.1, 0.15) is 0 Å². The molecule has 0 atom stereocenters. The van der Waals surface area contributed by atoms with Crippen LogP contribution in [0.3, 0.4) is 0 Å². The maximum absolute atomic E-state index is 12.2. The Bertz CT molecular complexity index is 218. The predicted octanol–water partition coefficient (Wildman–Crippen LogP) is 2.11. The third-order valence-corrected chi connectivity index (χ3v) is 1.12. The summed E-state index contributed by atoms with van der Waals surface area (Å²) in [5.41, 5.74) is 0.856. The van der Waals surface area contributed by atoms with Crippen molar-refractivity contribution in [1.82, 2.24) is 4.98 Å². The molecule has 0 aliphatic rings. The minimum atomic E-state index is -0.326. The molecule has 1 aromatic heterocycles. The van der Waals surface area contributed by atoms with Crippen LogP contribution in [0.25, 0.3) is 0 Å². The number of aromatic nitrogens is 1. The van der Waals surface area contributed by atoms with Crippen molar-refractivity contribution < 1.29 is 4.39 Å². The fraction of sp³-hybridized carbons (Fsp3) is 0.125. The van der Waals surface area contributed by atoms with E-state index in [1.807, 2.05) is 6.07 Å². The summed E-state index contributed by atoms with van der Waals surface area (Å²) in [5.74, 6) is -0.326. The lowest BCUT2D eigenvalue weighted by molar-refractivity contribution is 0.616. The molecule has 52 valence electrons. The summed E-state index contributed by atoms with van der Waals surface area (Å²) in [7, 11) is 0. The number of halogens is 1. The van der Waals surface area contributed by atoms with Crippen molar-refractivity contribution in [2.75, 3.05) is 0 Å². The van der Waals surface area contributed by atoms with E-state index in [1.54, 1.807) is 18.5 Å². The molecule has 0 saturated heterocycles. The van der Waals surface area contributed by atoms with E-state index in [0.717, 1.165) is 5.56 Å². The van der Waals surface area contributed by atoms with Gasteiger partial charge in [0.05, 0.1) is 5.83 Å². The molecule has 0 fully saturated rings. The van der Waals surface area contributed by atoms with Gasteiger partial charge >= 0.3 is 0 Å². The van der Waals surface area contributed by atoms with Crippen molar-refractivity contribution >= 4 is 0 Å². The normalized spacial score (nSPS) is 9.30. The molecule has 2 heteroatoms. The van der Waals surface area contributed by atoms with Gasteiger partial charge in [0, 0.05) is 18.8 Å². The molecule has 0 spiro atoms. The molecule has 1 heterocycles. The highest BCUT2D eigenvalue weighted by atomic mass is 19.1. The highest BCUT2D eigenvalue weighted by molar-refractivity contribution is 5.13. The van der Waals surface area contributed by atoms with Crippen LogP contribution in [0.5, 0.6) is 0 Å². The fourth-order valence-electron chi connectivity index (χ4n) is 0.724. The van der Waals surface area contributed by atoms with E-state index in [1.165, 1.54) is 0 Å². The molecule has 1 rings (SSSR count). The second-order valence-corrected chi connectivity index (χ2v) is 2.06. The number of hydrogen-bond donors (Lipinski definition) is 0. The van der Waals surface area contributed by atoms with Crippen molar-refractivity contribution in [3.63, 3.8) is 0 Å². The van der Waals surface area contributed by atoms with E-state index in [-0.39, 0.29) is 12.2 Å². The Morgan fingerprint density at radius 2 is 2.50 bits per heavy atom. The highest BCUT2D eigenvalue weighted by Gasteiger charge is 1.92. The SMILES string of the molecule is C=C(F)Cc1cccnc1. The van der Waals surface area contributed by atoms with E-state index in [2.05, 4.69) is 11.6 Å².